The first kappa shape index (κ1) is 13.5. The summed E-state index contributed by atoms with van der Waals surface area (Å²) in [7, 11) is 0. The van der Waals surface area contributed by atoms with Crippen molar-refractivity contribution in [1.82, 2.24) is 4.98 Å². The maximum absolute atomic E-state index is 12.8. The molecule has 0 saturated carbocycles. The first-order valence-electron chi connectivity index (χ1n) is 5.17. The van der Waals surface area contributed by atoms with Crippen LogP contribution in [0.3, 0.4) is 0 Å². The average Bonchev–Trinajstić information content (AvgIpc) is 2.27. The van der Waals surface area contributed by atoms with E-state index in [1.165, 1.54) is 6.07 Å². The highest BCUT2D eigenvalue weighted by Gasteiger charge is 2.24. The lowest BCUT2D eigenvalue weighted by atomic mass is 10.1. The molecule has 0 spiro atoms. The Bertz CT molecular complexity index is 422. The van der Waals surface area contributed by atoms with E-state index in [4.69, 9.17) is 10.5 Å². The number of carbonyl (C=O) groups excluding carboxylic acids is 1. The molecule has 17 heavy (non-hydrogen) atoms. The fourth-order valence-electron chi connectivity index (χ4n) is 1.50. The molecular weight excluding hydrogens is 230 g/mol. The molecule has 0 aliphatic rings. The first-order valence-corrected chi connectivity index (χ1v) is 5.17. The van der Waals surface area contributed by atoms with Crippen LogP contribution in [-0.4, -0.2) is 17.6 Å². The van der Waals surface area contributed by atoms with Crippen LogP contribution in [0, 0.1) is 6.92 Å². The van der Waals surface area contributed by atoms with E-state index in [9.17, 15) is 13.6 Å². The average molecular weight is 244 g/mol. The molecule has 4 nitrogen and oxygen atoms in total. The van der Waals surface area contributed by atoms with Crippen LogP contribution in [0.15, 0.2) is 6.07 Å². The van der Waals surface area contributed by atoms with Crippen LogP contribution in [0.5, 0.6) is 0 Å². The standard InChI is InChI=1S/C11H14F2N2O2/c1-3-17-11(16)8-6(2)4-7(5-14)15-9(8)10(12)13/h4,10H,3,5,14H2,1-2H3. The van der Waals surface area contributed by atoms with Crippen LogP contribution in [-0.2, 0) is 11.3 Å². The van der Waals surface area contributed by atoms with Gasteiger partial charge in [0.15, 0.2) is 0 Å². The summed E-state index contributed by atoms with van der Waals surface area (Å²) < 4.78 is 30.4. The molecule has 94 valence electrons. The van der Waals surface area contributed by atoms with E-state index in [0.29, 0.717) is 11.3 Å². The molecule has 0 aliphatic carbocycles. The smallest absolute Gasteiger partial charge is 0.340 e. The Morgan fingerprint density at radius 2 is 2.24 bits per heavy atom. The van der Waals surface area contributed by atoms with Gasteiger partial charge < -0.3 is 10.5 Å². The molecule has 0 fully saturated rings. The lowest BCUT2D eigenvalue weighted by Crippen LogP contribution is -2.14. The number of hydrogen-bond acceptors (Lipinski definition) is 4. The SMILES string of the molecule is CCOC(=O)c1c(C)cc(CN)nc1C(F)F. The molecule has 1 rings (SSSR count). The van der Waals surface area contributed by atoms with Gasteiger partial charge in [-0.05, 0) is 25.5 Å². The number of rotatable bonds is 4. The van der Waals surface area contributed by atoms with Gasteiger partial charge in [0.2, 0.25) is 0 Å². The summed E-state index contributed by atoms with van der Waals surface area (Å²) in [6.45, 7) is 3.33. The Morgan fingerprint density at radius 1 is 1.59 bits per heavy atom. The van der Waals surface area contributed by atoms with Gasteiger partial charge in [0.25, 0.3) is 6.43 Å². The zero-order valence-electron chi connectivity index (χ0n) is 9.67. The Balaban J connectivity index is 3.31. The van der Waals surface area contributed by atoms with Crippen molar-refractivity contribution in [2.45, 2.75) is 26.8 Å². The van der Waals surface area contributed by atoms with Crippen LogP contribution in [0.4, 0.5) is 8.78 Å². The fraction of sp³-hybridized carbons (Fsp3) is 0.455. The number of nitrogens with zero attached hydrogens (tertiary/aromatic N) is 1. The van der Waals surface area contributed by atoms with E-state index in [2.05, 4.69) is 4.98 Å². The number of carbonyl (C=O) groups is 1. The van der Waals surface area contributed by atoms with E-state index in [1.807, 2.05) is 0 Å². The van der Waals surface area contributed by atoms with Crippen LogP contribution < -0.4 is 5.73 Å². The topological polar surface area (TPSA) is 65.2 Å². The van der Waals surface area contributed by atoms with Crippen molar-refractivity contribution in [3.05, 3.63) is 28.6 Å². The number of halogens is 2. The van der Waals surface area contributed by atoms with Gasteiger partial charge in [-0.15, -0.1) is 0 Å². The van der Waals surface area contributed by atoms with Gasteiger partial charge in [-0.3, -0.25) is 0 Å². The third kappa shape index (κ3) is 2.97. The minimum atomic E-state index is -2.83. The van der Waals surface area contributed by atoms with Crippen LogP contribution in [0.1, 0.15) is 40.7 Å². The van der Waals surface area contributed by atoms with Crippen molar-refractivity contribution in [1.29, 1.82) is 0 Å². The van der Waals surface area contributed by atoms with Crippen LogP contribution in [0.25, 0.3) is 0 Å². The highest BCUT2D eigenvalue weighted by atomic mass is 19.3. The minimum Gasteiger partial charge on any atom is -0.462 e. The first-order chi connectivity index (χ1) is 8.01. The highest BCUT2D eigenvalue weighted by Crippen LogP contribution is 2.25. The van der Waals surface area contributed by atoms with E-state index in [1.54, 1.807) is 13.8 Å². The number of pyridine rings is 1. The van der Waals surface area contributed by atoms with E-state index in [-0.39, 0.29) is 18.7 Å². The van der Waals surface area contributed by atoms with Gasteiger partial charge in [-0.2, -0.15) is 0 Å². The molecular formula is C11H14F2N2O2. The van der Waals surface area contributed by atoms with E-state index >= 15 is 0 Å². The molecule has 0 unspecified atom stereocenters. The molecule has 0 amide bonds. The molecule has 0 saturated heterocycles. The lowest BCUT2D eigenvalue weighted by Gasteiger charge is -2.12. The number of esters is 1. The highest BCUT2D eigenvalue weighted by molar-refractivity contribution is 5.92. The zero-order valence-corrected chi connectivity index (χ0v) is 9.67. The fourth-order valence-corrected chi connectivity index (χ4v) is 1.50. The van der Waals surface area contributed by atoms with Crippen LogP contribution >= 0.6 is 0 Å². The summed E-state index contributed by atoms with van der Waals surface area (Å²) in [6.07, 6.45) is -2.83. The summed E-state index contributed by atoms with van der Waals surface area (Å²) in [6, 6.07) is 1.51. The molecule has 0 aromatic carbocycles. The summed E-state index contributed by atoms with van der Waals surface area (Å²) in [5.41, 5.74) is 5.34. The number of aryl methyl sites for hydroxylation is 1. The molecule has 0 bridgehead atoms. The third-order valence-corrected chi connectivity index (χ3v) is 2.19. The van der Waals surface area contributed by atoms with Crippen molar-refractivity contribution in [2.75, 3.05) is 6.61 Å². The van der Waals surface area contributed by atoms with Gasteiger partial charge in [0, 0.05) is 6.54 Å². The van der Waals surface area contributed by atoms with Crippen molar-refractivity contribution in [2.24, 2.45) is 5.73 Å². The molecule has 0 atom stereocenters. The largest absolute Gasteiger partial charge is 0.462 e. The predicted octanol–water partition coefficient (Wildman–Crippen LogP) is 1.96. The number of ether oxygens (including phenoxy) is 1. The number of alkyl halides is 2. The summed E-state index contributed by atoms with van der Waals surface area (Å²) in [5, 5.41) is 0. The van der Waals surface area contributed by atoms with Gasteiger partial charge in [0.05, 0.1) is 17.9 Å². The van der Waals surface area contributed by atoms with E-state index in [0.717, 1.165) is 0 Å². The summed E-state index contributed by atoms with van der Waals surface area (Å²) in [5.74, 6) is -0.781. The van der Waals surface area contributed by atoms with Crippen molar-refractivity contribution >= 4 is 5.97 Å². The molecule has 2 N–H and O–H groups in total. The molecule has 6 heteroatoms. The maximum atomic E-state index is 12.8. The second kappa shape index (κ2) is 5.67. The second-order valence-corrected chi connectivity index (χ2v) is 3.42. The third-order valence-electron chi connectivity index (χ3n) is 2.19. The number of aromatic nitrogens is 1. The van der Waals surface area contributed by atoms with Crippen molar-refractivity contribution in [3.63, 3.8) is 0 Å². The van der Waals surface area contributed by atoms with Crippen LogP contribution in [0.2, 0.25) is 0 Å². The Labute approximate surface area is 97.8 Å². The minimum absolute atomic E-state index is 0.0453. The molecule has 1 heterocycles. The van der Waals surface area contributed by atoms with Gasteiger partial charge in [0.1, 0.15) is 5.69 Å². The monoisotopic (exact) mass is 244 g/mol. The number of nitrogens with two attached hydrogens (primary N) is 1. The maximum Gasteiger partial charge on any atom is 0.340 e. The Hall–Kier alpha value is -1.56. The Morgan fingerprint density at radius 3 is 2.71 bits per heavy atom. The van der Waals surface area contributed by atoms with Crippen molar-refractivity contribution in [3.8, 4) is 0 Å². The predicted molar refractivity (Wildman–Crippen MR) is 57.8 cm³/mol. The molecule has 0 aliphatic heterocycles. The molecule has 0 radical (unpaired) electrons. The van der Waals surface area contributed by atoms with Crippen molar-refractivity contribution < 1.29 is 18.3 Å². The molecule has 1 aromatic heterocycles. The summed E-state index contributed by atoms with van der Waals surface area (Å²) >= 11 is 0. The van der Waals surface area contributed by atoms with Gasteiger partial charge in [-0.25, -0.2) is 18.6 Å². The number of hydrogen-bond donors (Lipinski definition) is 1. The van der Waals surface area contributed by atoms with Gasteiger partial charge >= 0.3 is 5.97 Å². The lowest BCUT2D eigenvalue weighted by molar-refractivity contribution is 0.0512. The second-order valence-electron chi connectivity index (χ2n) is 3.42. The van der Waals surface area contributed by atoms with E-state index < -0.39 is 18.1 Å². The van der Waals surface area contributed by atoms with Gasteiger partial charge in [-0.1, -0.05) is 0 Å². The molecule has 1 aromatic rings. The Kier molecular flexibility index (Phi) is 4.51. The quantitative estimate of drug-likeness (QED) is 0.822. The summed E-state index contributed by atoms with van der Waals surface area (Å²) in [4.78, 5) is 15.2. The zero-order chi connectivity index (χ0) is 13.0. The normalized spacial score (nSPS) is 10.7.